The van der Waals surface area contributed by atoms with Crippen molar-refractivity contribution in [3.8, 4) is 0 Å². The number of hydrogen-bond donors (Lipinski definition) is 1. The van der Waals surface area contributed by atoms with Gasteiger partial charge in [-0.15, -0.1) is 0 Å². The van der Waals surface area contributed by atoms with Gasteiger partial charge in [-0.3, -0.25) is 4.79 Å². The van der Waals surface area contributed by atoms with Crippen LogP contribution < -0.4 is 14.6 Å². The fourth-order valence-corrected chi connectivity index (χ4v) is 2.25. The predicted octanol–water partition coefficient (Wildman–Crippen LogP) is 1.18. The van der Waals surface area contributed by atoms with Gasteiger partial charge in [-0.05, 0) is 0 Å². The van der Waals surface area contributed by atoms with E-state index < -0.39 is 0 Å². The van der Waals surface area contributed by atoms with Crippen LogP contribution in [-0.4, -0.2) is 51.8 Å². The van der Waals surface area contributed by atoms with Crippen LogP contribution in [0.3, 0.4) is 0 Å². The Kier molecular flexibility index (Phi) is 10.6. The first-order valence-electron chi connectivity index (χ1n) is 6.45. The molecular formula is C16H18GeN2O5. The van der Waals surface area contributed by atoms with Crippen molar-refractivity contribution in [1.29, 1.82) is 0 Å². The number of anilines is 2. The minimum atomic E-state index is -0.133. The molecule has 0 heterocycles. The number of carbonyl (C=O) groups is 2. The monoisotopic (exact) mass is 392 g/mol. The van der Waals surface area contributed by atoms with Gasteiger partial charge in [-0.2, -0.15) is 0 Å². The van der Waals surface area contributed by atoms with Crippen LogP contribution in [-0.2, 0) is 4.79 Å². The fraction of sp³-hybridized carbons (Fsp3) is 0.125. The second kappa shape index (κ2) is 10.6. The quantitative estimate of drug-likeness (QED) is 0.783. The Morgan fingerprint density at radius 3 is 1.88 bits per heavy atom. The van der Waals surface area contributed by atoms with E-state index in [4.69, 9.17) is 0 Å². The minimum absolute atomic E-state index is 0. The van der Waals surface area contributed by atoms with E-state index in [0.29, 0.717) is 11.3 Å². The first kappa shape index (κ1) is 24.1. The molecule has 0 spiro atoms. The van der Waals surface area contributed by atoms with E-state index in [2.05, 4.69) is 5.32 Å². The molecule has 0 saturated carbocycles. The Labute approximate surface area is 148 Å². The summed E-state index contributed by atoms with van der Waals surface area (Å²) in [6.45, 7) is 1.45. The van der Waals surface area contributed by atoms with E-state index in [1.807, 2.05) is 40.8 Å². The molecule has 0 radical (unpaired) electrons. The second-order valence-electron chi connectivity index (χ2n) is 4.67. The normalized spacial score (nSPS) is 8.83. The van der Waals surface area contributed by atoms with Crippen LogP contribution in [0.5, 0.6) is 0 Å². The number of nitrogens with one attached hydrogen (secondary N) is 1. The van der Waals surface area contributed by atoms with Gasteiger partial charge in [0.05, 0.1) is 0 Å². The standard InChI is InChI=1S/C16H15GeN2O2.3H2O/c1-11(20)18-14-7-3-12(4-8-14)16(21)19(2)15-9-5-13(17)6-10-15;;;/h3-10H,1-2H3,(H,18,20);3*1H2/q+3;;;/p-3. The average molecular weight is 391 g/mol. The smallest absolute Gasteiger partial charge is 0.870 e. The van der Waals surface area contributed by atoms with Crippen LogP contribution in [0.4, 0.5) is 11.4 Å². The number of nitrogens with zero attached hydrogens (tertiary/aromatic N) is 1. The average Bonchev–Trinajstić information content (AvgIpc) is 2.47. The molecule has 2 rings (SSSR count). The maximum atomic E-state index is 12.4. The molecule has 7 nitrogen and oxygen atoms in total. The van der Waals surface area contributed by atoms with Crippen molar-refractivity contribution < 1.29 is 26.0 Å². The van der Waals surface area contributed by atoms with Gasteiger partial charge < -0.3 is 16.4 Å². The van der Waals surface area contributed by atoms with Gasteiger partial charge in [0.25, 0.3) is 0 Å². The Morgan fingerprint density at radius 1 is 0.917 bits per heavy atom. The number of hydrogen-bond acceptors (Lipinski definition) is 5. The zero-order valence-corrected chi connectivity index (χ0v) is 15.3. The molecule has 0 saturated heterocycles. The molecule has 0 unspecified atom stereocenters. The van der Waals surface area contributed by atoms with Crippen molar-refractivity contribution in [2.24, 2.45) is 0 Å². The summed E-state index contributed by atoms with van der Waals surface area (Å²) in [5.41, 5.74) is 2.10. The summed E-state index contributed by atoms with van der Waals surface area (Å²) in [7, 11) is 1.74. The van der Waals surface area contributed by atoms with Crippen molar-refractivity contribution in [1.82, 2.24) is 0 Å². The van der Waals surface area contributed by atoms with E-state index >= 15 is 0 Å². The van der Waals surface area contributed by atoms with Crippen molar-refractivity contribution in [3.05, 3.63) is 54.1 Å². The molecule has 0 aromatic heterocycles. The third-order valence-electron chi connectivity index (χ3n) is 3.01. The SMILES string of the molecule is CC(=O)Nc1ccc(C(=O)N(C)c2cc[c]([Ge+3])cc2)cc1.[OH-].[OH-].[OH-]. The molecule has 0 fully saturated rings. The van der Waals surface area contributed by atoms with E-state index in [-0.39, 0.29) is 28.2 Å². The van der Waals surface area contributed by atoms with Gasteiger partial charge in [0.1, 0.15) is 0 Å². The van der Waals surface area contributed by atoms with Crippen molar-refractivity contribution in [3.63, 3.8) is 0 Å². The topological polar surface area (TPSA) is 139 Å². The van der Waals surface area contributed by atoms with Crippen molar-refractivity contribution >= 4 is 44.1 Å². The van der Waals surface area contributed by atoms with Gasteiger partial charge in [0.15, 0.2) is 0 Å². The molecule has 2 aromatic rings. The number of benzene rings is 2. The number of rotatable bonds is 3. The summed E-state index contributed by atoms with van der Waals surface area (Å²) in [5.74, 6) is -0.223. The van der Waals surface area contributed by atoms with Crippen LogP contribution in [0, 0.1) is 0 Å². The van der Waals surface area contributed by atoms with Crippen molar-refractivity contribution in [2.75, 3.05) is 17.3 Å². The van der Waals surface area contributed by atoms with Gasteiger partial charge in [-0.1, -0.05) is 0 Å². The van der Waals surface area contributed by atoms with E-state index in [9.17, 15) is 9.59 Å². The maximum absolute atomic E-state index is 12.4. The molecule has 0 bridgehead atoms. The molecule has 24 heavy (non-hydrogen) atoms. The summed E-state index contributed by atoms with van der Waals surface area (Å²) >= 11 is 2.01. The summed E-state index contributed by atoms with van der Waals surface area (Å²) in [6, 6.07) is 14.6. The van der Waals surface area contributed by atoms with E-state index in [1.54, 1.807) is 36.2 Å². The van der Waals surface area contributed by atoms with Crippen LogP contribution in [0.25, 0.3) is 0 Å². The maximum Gasteiger partial charge on any atom is -0.870 e. The van der Waals surface area contributed by atoms with Crippen LogP contribution >= 0.6 is 0 Å². The molecule has 0 aliphatic carbocycles. The van der Waals surface area contributed by atoms with Gasteiger partial charge in [-0.25, -0.2) is 0 Å². The molecule has 0 atom stereocenters. The minimum Gasteiger partial charge on any atom is -0.870 e. The summed E-state index contributed by atoms with van der Waals surface area (Å²) in [5, 5.41) is 2.67. The van der Waals surface area contributed by atoms with Crippen LogP contribution in [0.1, 0.15) is 17.3 Å². The van der Waals surface area contributed by atoms with Crippen molar-refractivity contribution in [2.45, 2.75) is 6.92 Å². The second-order valence-corrected chi connectivity index (χ2v) is 5.88. The third kappa shape index (κ3) is 6.13. The first-order valence-corrected chi connectivity index (χ1v) is 7.49. The third-order valence-corrected chi connectivity index (χ3v) is 3.71. The summed E-state index contributed by atoms with van der Waals surface area (Å²) in [6.07, 6.45) is 0. The number of carbonyl (C=O) groups excluding carboxylic acids is 2. The van der Waals surface area contributed by atoms with Crippen LogP contribution in [0.15, 0.2) is 48.5 Å². The first-order chi connectivity index (χ1) is 9.97. The van der Waals surface area contributed by atoms with E-state index in [0.717, 1.165) is 10.1 Å². The molecule has 0 aliphatic rings. The van der Waals surface area contributed by atoms with Gasteiger partial charge >= 0.3 is 120 Å². The molecule has 2 amide bonds. The Bertz CT molecular complexity index is 659. The molecule has 2 aromatic carbocycles. The number of amides is 2. The van der Waals surface area contributed by atoms with Gasteiger partial charge in [0, 0.05) is 6.92 Å². The molecule has 0 aliphatic heterocycles. The Balaban J connectivity index is 0. The zero-order chi connectivity index (χ0) is 15.4. The van der Waals surface area contributed by atoms with Crippen LogP contribution in [0.2, 0.25) is 0 Å². The summed E-state index contributed by atoms with van der Waals surface area (Å²) in [4.78, 5) is 25.0. The van der Waals surface area contributed by atoms with E-state index in [1.165, 1.54) is 6.92 Å². The predicted molar refractivity (Wildman–Crippen MR) is 91.1 cm³/mol. The largest absolute Gasteiger partial charge is 0.870 e. The Hall–Kier alpha value is -2.20. The van der Waals surface area contributed by atoms with Gasteiger partial charge in [0.2, 0.25) is 0 Å². The zero-order valence-electron chi connectivity index (χ0n) is 13.2. The molecule has 8 heteroatoms. The molecule has 126 valence electrons. The summed E-state index contributed by atoms with van der Waals surface area (Å²) < 4.78 is 1.15. The fourth-order valence-electron chi connectivity index (χ4n) is 1.90. The molecule has 4 N–H and O–H groups in total. The Morgan fingerprint density at radius 2 is 1.42 bits per heavy atom. The molecular weight excluding hydrogens is 373 g/mol.